The first-order chi connectivity index (χ1) is 9.54. The monoisotopic (exact) mass is 274 g/mol. The van der Waals surface area contributed by atoms with Gasteiger partial charge in [-0.3, -0.25) is 4.79 Å². The molecule has 1 aromatic carbocycles. The lowest BCUT2D eigenvalue weighted by atomic mass is 9.86. The average molecular weight is 274 g/mol. The molecule has 3 nitrogen and oxygen atoms in total. The van der Waals surface area contributed by atoms with Gasteiger partial charge in [0.1, 0.15) is 0 Å². The van der Waals surface area contributed by atoms with Crippen LogP contribution >= 0.6 is 0 Å². The van der Waals surface area contributed by atoms with Gasteiger partial charge in [0.2, 0.25) is 5.91 Å². The Morgan fingerprint density at radius 2 is 1.95 bits per heavy atom. The van der Waals surface area contributed by atoms with Crippen molar-refractivity contribution >= 4 is 5.91 Å². The number of nitrogens with one attached hydrogen (secondary N) is 1. The molecular weight excluding hydrogens is 248 g/mol. The van der Waals surface area contributed by atoms with Crippen LogP contribution in [0.25, 0.3) is 0 Å². The summed E-state index contributed by atoms with van der Waals surface area (Å²) in [7, 11) is 0. The predicted octanol–water partition coefficient (Wildman–Crippen LogP) is 2.48. The minimum absolute atomic E-state index is 0.133. The highest BCUT2D eigenvalue weighted by Crippen LogP contribution is 2.22. The summed E-state index contributed by atoms with van der Waals surface area (Å²) in [6.45, 7) is 4.92. The van der Waals surface area contributed by atoms with E-state index >= 15 is 0 Å². The SMILES string of the molecule is Cc1ccc(C)c(CC(=O)NCC2CCC(N)CC2)c1. The van der Waals surface area contributed by atoms with Crippen molar-refractivity contribution in [1.82, 2.24) is 5.32 Å². The van der Waals surface area contributed by atoms with Crippen molar-refractivity contribution in [2.24, 2.45) is 11.7 Å². The summed E-state index contributed by atoms with van der Waals surface area (Å²) in [5.74, 6) is 0.742. The van der Waals surface area contributed by atoms with Crippen molar-refractivity contribution in [2.45, 2.75) is 52.0 Å². The molecule has 0 bridgehead atoms. The van der Waals surface area contributed by atoms with Gasteiger partial charge in [-0.15, -0.1) is 0 Å². The molecule has 20 heavy (non-hydrogen) atoms. The molecule has 0 heterocycles. The van der Waals surface area contributed by atoms with Crippen LogP contribution < -0.4 is 11.1 Å². The van der Waals surface area contributed by atoms with Crippen LogP contribution in [0, 0.1) is 19.8 Å². The van der Waals surface area contributed by atoms with Gasteiger partial charge in [-0.2, -0.15) is 0 Å². The van der Waals surface area contributed by atoms with Crippen LogP contribution in [0.15, 0.2) is 18.2 Å². The smallest absolute Gasteiger partial charge is 0.224 e. The van der Waals surface area contributed by atoms with Crippen LogP contribution in [-0.4, -0.2) is 18.5 Å². The first kappa shape index (κ1) is 15.0. The molecular formula is C17H26N2O. The summed E-state index contributed by atoms with van der Waals surface area (Å²) in [4.78, 5) is 12.0. The quantitative estimate of drug-likeness (QED) is 0.886. The molecule has 1 amide bonds. The Bertz CT molecular complexity index is 462. The van der Waals surface area contributed by atoms with Gasteiger partial charge in [-0.05, 0) is 56.6 Å². The first-order valence-corrected chi connectivity index (χ1v) is 7.63. The number of amides is 1. The summed E-state index contributed by atoms with van der Waals surface area (Å²) in [5, 5.41) is 3.08. The number of hydrogen-bond donors (Lipinski definition) is 2. The standard InChI is InChI=1S/C17H26N2O/c1-12-3-4-13(2)15(9-12)10-17(20)19-11-14-5-7-16(18)8-6-14/h3-4,9,14,16H,5-8,10-11,18H2,1-2H3,(H,19,20). The molecule has 0 saturated heterocycles. The van der Waals surface area contributed by atoms with E-state index in [2.05, 4.69) is 37.4 Å². The van der Waals surface area contributed by atoms with E-state index in [1.165, 1.54) is 11.1 Å². The van der Waals surface area contributed by atoms with Crippen molar-refractivity contribution in [3.05, 3.63) is 34.9 Å². The van der Waals surface area contributed by atoms with Gasteiger partial charge in [0.05, 0.1) is 6.42 Å². The number of nitrogens with two attached hydrogens (primary N) is 1. The minimum Gasteiger partial charge on any atom is -0.356 e. The maximum absolute atomic E-state index is 12.0. The molecule has 2 rings (SSSR count). The summed E-state index contributed by atoms with van der Waals surface area (Å²) in [5.41, 5.74) is 9.43. The third-order valence-electron chi connectivity index (χ3n) is 4.33. The predicted molar refractivity (Wildman–Crippen MR) is 82.6 cm³/mol. The van der Waals surface area contributed by atoms with Gasteiger partial charge in [0, 0.05) is 12.6 Å². The van der Waals surface area contributed by atoms with Crippen LogP contribution in [0.4, 0.5) is 0 Å². The van der Waals surface area contributed by atoms with Crippen LogP contribution in [0.2, 0.25) is 0 Å². The summed E-state index contributed by atoms with van der Waals surface area (Å²) < 4.78 is 0. The maximum Gasteiger partial charge on any atom is 0.224 e. The largest absolute Gasteiger partial charge is 0.356 e. The van der Waals surface area contributed by atoms with Crippen molar-refractivity contribution < 1.29 is 4.79 Å². The molecule has 0 unspecified atom stereocenters. The molecule has 0 aromatic heterocycles. The van der Waals surface area contributed by atoms with E-state index in [0.29, 0.717) is 18.4 Å². The second kappa shape index (κ2) is 6.89. The molecule has 0 atom stereocenters. The third kappa shape index (κ3) is 4.34. The van der Waals surface area contributed by atoms with Crippen LogP contribution in [0.1, 0.15) is 42.4 Å². The Balaban J connectivity index is 1.79. The van der Waals surface area contributed by atoms with Crippen molar-refractivity contribution in [3.63, 3.8) is 0 Å². The fourth-order valence-electron chi connectivity index (χ4n) is 2.88. The second-order valence-corrected chi connectivity index (χ2v) is 6.19. The molecule has 1 aliphatic rings. The van der Waals surface area contributed by atoms with E-state index in [-0.39, 0.29) is 5.91 Å². The number of carbonyl (C=O) groups excluding carboxylic acids is 1. The number of carbonyl (C=O) groups is 1. The second-order valence-electron chi connectivity index (χ2n) is 6.19. The van der Waals surface area contributed by atoms with Gasteiger partial charge in [-0.25, -0.2) is 0 Å². The van der Waals surface area contributed by atoms with E-state index in [4.69, 9.17) is 5.73 Å². The Morgan fingerprint density at radius 1 is 1.25 bits per heavy atom. The zero-order chi connectivity index (χ0) is 14.5. The molecule has 1 fully saturated rings. The molecule has 1 saturated carbocycles. The normalized spacial score (nSPS) is 22.6. The molecule has 1 aromatic rings. The zero-order valence-electron chi connectivity index (χ0n) is 12.6. The Kier molecular flexibility index (Phi) is 5.18. The highest BCUT2D eigenvalue weighted by atomic mass is 16.1. The van der Waals surface area contributed by atoms with E-state index < -0.39 is 0 Å². The summed E-state index contributed by atoms with van der Waals surface area (Å²) in [6, 6.07) is 6.65. The van der Waals surface area contributed by atoms with Gasteiger partial charge in [0.15, 0.2) is 0 Å². The molecule has 3 heteroatoms. The lowest BCUT2D eigenvalue weighted by Gasteiger charge is -2.26. The van der Waals surface area contributed by atoms with Gasteiger partial charge >= 0.3 is 0 Å². The van der Waals surface area contributed by atoms with E-state index in [1.807, 2.05) is 0 Å². The highest BCUT2D eigenvalue weighted by Gasteiger charge is 2.19. The zero-order valence-corrected chi connectivity index (χ0v) is 12.6. The number of hydrogen-bond acceptors (Lipinski definition) is 2. The average Bonchev–Trinajstić information content (AvgIpc) is 2.42. The van der Waals surface area contributed by atoms with E-state index in [0.717, 1.165) is 37.8 Å². The summed E-state index contributed by atoms with van der Waals surface area (Å²) >= 11 is 0. The lowest BCUT2D eigenvalue weighted by molar-refractivity contribution is -0.120. The van der Waals surface area contributed by atoms with Gasteiger partial charge in [0.25, 0.3) is 0 Å². The molecule has 0 spiro atoms. The topological polar surface area (TPSA) is 55.1 Å². The van der Waals surface area contributed by atoms with Crippen molar-refractivity contribution in [2.75, 3.05) is 6.54 Å². The molecule has 0 aliphatic heterocycles. The number of benzene rings is 1. The molecule has 0 radical (unpaired) electrons. The fraction of sp³-hybridized carbons (Fsp3) is 0.588. The Labute approximate surface area is 121 Å². The van der Waals surface area contributed by atoms with Crippen molar-refractivity contribution in [3.8, 4) is 0 Å². The fourth-order valence-corrected chi connectivity index (χ4v) is 2.88. The third-order valence-corrected chi connectivity index (χ3v) is 4.33. The van der Waals surface area contributed by atoms with E-state index in [1.54, 1.807) is 0 Å². The lowest BCUT2D eigenvalue weighted by Crippen LogP contribution is -2.34. The van der Waals surface area contributed by atoms with E-state index in [9.17, 15) is 4.79 Å². The number of aryl methyl sites for hydroxylation is 2. The molecule has 1 aliphatic carbocycles. The minimum atomic E-state index is 0.133. The molecule has 110 valence electrons. The van der Waals surface area contributed by atoms with Gasteiger partial charge < -0.3 is 11.1 Å². The maximum atomic E-state index is 12.0. The Hall–Kier alpha value is -1.35. The molecule has 3 N–H and O–H groups in total. The van der Waals surface area contributed by atoms with Gasteiger partial charge in [-0.1, -0.05) is 23.8 Å². The highest BCUT2D eigenvalue weighted by molar-refractivity contribution is 5.79. The van der Waals surface area contributed by atoms with Crippen LogP contribution in [0.3, 0.4) is 0 Å². The Morgan fingerprint density at radius 3 is 2.65 bits per heavy atom. The van der Waals surface area contributed by atoms with Crippen molar-refractivity contribution in [1.29, 1.82) is 0 Å². The summed E-state index contributed by atoms with van der Waals surface area (Å²) in [6.07, 6.45) is 4.96. The van der Waals surface area contributed by atoms with Crippen LogP contribution in [0.5, 0.6) is 0 Å². The van der Waals surface area contributed by atoms with Crippen LogP contribution in [-0.2, 0) is 11.2 Å². The first-order valence-electron chi connectivity index (χ1n) is 7.63. The number of rotatable bonds is 4.